The highest BCUT2D eigenvalue weighted by atomic mass is 14.3. The van der Waals surface area contributed by atoms with E-state index in [1.807, 2.05) is 0 Å². The van der Waals surface area contributed by atoms with Crippen molar-refractivity contribution >= 4 is 53.9 Å². The molecule has 0 aliphatic rings. The van der Waals surface area contributed by atoms with Gasteiger partial charge in [-0.05, 0) is 116 Å². The fourth-order valence-corrected chi connectivity index (χ4v) is 9.17. The van der Waals surface area contributed by atoms with E-state index in [0.29, 0.717) is 0 Å². The molecule has 260 valence electrons. The van der Waals surface area contributed by atoms with Gasteiger partial charge in [0, 0.05) is 0 Å². The predicted molar refractivity (Wildman–Crippen MR) is 241 cm³/mol. The molecular formula is C56H36. The van der Waals surface area contributed by atoms with Gasteiger partial charge in [0.15, 0.2) is 0 Å². The maximum Gasteiger partial charge on any atom is -0.00139 e. The van der Waals surface area contributed by atoms with Crippen LogP contribution in [-0.2, 0) is 0 Å². The molecule has 11 aromatic carbocycles. The van der Waals surface area contributed by atoms with Crippen LogP contribution in [0.5, 0.6) is 0 Å². The summed E-state index contributed by atoms with van der Waals surface area (Å²) in [6.45, 7) is 0. The van der Waals surface area contributed by atoms with Gasteiger partial charge in [-0.3, -0.25) is 0 Å². The van der Waals surface area contributed by atoms with Gasteiger partial charge in [-0.25, -0.2) is 0 Å². The molecule has 0 atom stereocenters. The molecule has 11 aromatic rings. The molecule has 0 amide bonds. The largest absolute Gasteiger partial charge is 0.0622 e. The minimum atomic E-state index is 1.21. The first-order valence-electron chi connectivity index (χ1n) is 19.4. The molecule has 0 aliphatic heterocycles. The lowest BCUT2D eigenvalue weighted by molar-refractivity contribution is 1.58. The summed E-state index contributed by atoms with van der Waals surface area (Å²) < 4.78 is 0. The summed E-state index contributed by atoms with van der Waals surface area (Å²) in [4.78, 5) is 0. The van der Waals surface area contributed by atoms with Crippen molar-refractivity contribution in [3.63, 3.8) is 0 Å². The Kier molecular flexibility index (Phi) is 7.60. The maximum absolute atomic E-state index is 2.36. The van der Waals surface area contributed by atoms with Crippen LogP contribution in [0.25, 0.3) is 109 Å². The van der Waals surface area contributed by atoms with Crippen molar-refractivity contribution in [3.8, 4) is 55.6 Å². The molecule has 0 saturated heterocycles. The second kappa shape index (κ2) is 13.2. The van der Waals surface area contributed by atoms with E-state index in [0.717, 1.165) is 0 Å². The Bertz CT molecular complexity index is 3160. The molecule has 0 radical (unpaired) electrons. The summed E-state index contributed by atoms with van der Waals surface area (Å²) in [6.07, 6.45) is 0. The van der Waals surface area contributed by atoms with Crippen molar-refractivity contribution in [1.82, 2.24) is 0 Å². The van der Waals surface area contributed by atoms with Crippen LogP contribution >= 0.6 is 0 Å². The zero-order chi connectivity index (χ0) is 37.0. The average molecular weight is 709 g/mol. The molecule has 11 rings (SSSR count). The van der Waals surface area contributed by atoms with Gasteiger partial charge in [-0.15, -0.1) is 0 Å². The number of hydrogen-bond acceptors (Lipinski definition) is 0. The second-order valence-corrected chi connectivity index (χ2v) is 14.7. The summed E-state index contributed by atoms with van der Waals surface area (Å²) in [5, 5.41) is 12.6. The summed E-state index contributed by atoms with van der Waals surface area (Å²) in [7, 11) is 0. The van der Waals surface area contributed by atoms with Crippen LogP contribution < -0.4 is 0 Å². The minimum Gasteiger partial charge on any atom is -0.0622 e. The highest BCUT2D eigenvalue weighted by Crippen LogP contribution is 2.51. The zero-order valence-corrected chi connectivity index (χ0v) is 30.8. The van der Waals surface area contributed by atoms with Gasteiger partial charge in [-0.2, -0.15) is 0 Å². The van der Waals surface area contributed by atoms with Gasteiger partial charge >= 0.3 is 0 Å². The monoisotopic (exact) mass is 708 g/mol. The van der Waals surface area contributed by atoms with Crippen molar-refractivity contribution in [2.75, 3.05) is 0 Å². The third-order valence-electron chi connectivity index (χ3n) is 11.7. The first-order valence-corrected chi connectivity index (χ1v) is 19.4. The Morgan fingerprint density at radius 1 is 0.179 bits per heavy atom. The van der Waals surface area contributed by atoms with Gasteiger partial charge in [-0.1, -0.05) is 212 Å². The van der Waals surface area contributed by atoms with Crippen molar-refractivity contribution in [3.05, 3.63) is 218 Å². The van der Waals surface area contributed by atoms with E-state index < -0.39 is 0 Å². The molecule has 0 saturated carbocycles. The lowest BCUT2D eigenvalue weighted by Crippen LogP contribution is -1.95. The van der Waals surface area contributed by atoms with Gasteiger partial charge in [0.25, 0.3) is 0 Å². The molecule has 0 N–H and O–H groups in total. The van der Waals surface area contributed by atoms with Crippen LogP contribution in [-0.4, -0.2) is 0 Å². The Morgan fingerprint density at radius 3 is 1.07 bits per heavy atom. The van der Waals surface area contributed by atoms with Crippen molar-refractivity contribution < 1.29 is 0 Å². The fourth-order valence-electron chi connectivity index (χ4n) is 9.17. The lowest BCUT2D eigenvalue weighted by atomic mass is 9.80. The van der Waals surface area contributed by atoms with E-state index in [4.69, 9.17) is 0 Å². The molecule has 0 heterocycles. The van der Waals surface area contributed by atoms with Crippen LogP contribution in [0.3, 0.4) is 0 Å². The van der Waals surface area contributed by atoms with Gasteiger partial charge in [0.05, 0.1) is 0 Å². The van der Waals surface area contributed by atoms with E-state index in [-0.39, 0.29) is 0 Å². The Hall–Kier alpha value is -7.28. The molecule has 0 heteroatoms. The van der Waals surface area contributed by atoms with E-state index in [2.05, 4.69) is 218 Å². The Labute approximate surface area is 326 Å². The van der Waals surface area contributed by atoms with Crippen LogP contribution in [0.4, 0.5) is 0 Å². The molecule has 0 spiro atoms. The van der Waals surface area contributed by atoms with Crippen LogP contribution in [0.2, 0.25) is 0 Å². The first kappa shape index (κ1) is 32.2. The first-order chi connectivity index (χ1) is 27.8. The van der Waals surface area contributed by atoms with Gasteiger partial charge in [0.2, 0.25) is 0 Å². The summed E-state index contributed by atoms with van der Waals surface area (Å²) >= 11 is 0. The van der Waals surface area contributed by atoms with Crippen molar-refractivity contribution in [1.29, 1.82) is 0 Å². The van der Waals surface area contributed by atoms with E-state index >= 15 is 0 Å². The number of benzene rings is 11. The number of rotatable bonds is 5. The quantitative estimate of drug-likeness (QED) is 0.156. The topological polar surface area (TPSA) is 0 Å². The third kappa shape index (κ3) is 5.15. The van der Waals surface area contributed by atoms with E-state index in [9.17, 15) is 0 Å². The number of fused-ring (bicyclic) bond motifs is 5. The molecule has 0 fully saturated rings. The highest BCUT2D eigenvalue weighted by Gasteiger charge is 2.23. The average Bonchev–Trinajstić information content (AvgIpc) is 3.28. The zero-order valence-electron chi connectivity index (χ0n) is 30.8. The summed E-state index contributed by atoms with van der Waals surface area (Å²) in [5.74, 6) is 0. The smallest absolute Gasteiger partial charge is 0.00139 e. The van der Waals surface area contributed by atoms with E-state index in [1.54, 1.807) is 0 Å². The second-order valence-electron chi connectivity index (χ2n) is 14.7. The third-order valence-corrected chi connectivity index (χ3v) is 11.7. The maximum atomic E-state index is 2.36. The van der Waals surface area contributed by atoms with E-state index in [1.165, 1.54) is 109 Å². The standard InChI is InChI=1S/C56H36/c1-2-16-37(17-3-1)39-30-33-40(34-31-39)43-20-6-7-21-44(43)54-47-24-10-14-28-51(47)56(52-29-15-11-25-48(52)54)55-49-26-12-8-22-45(49)53(46-23-9-13-27-50(46)55)42-35-32-38-18-4-5-19-41(38)36-42/h1-36H. The summed E-state index contributed by atoms with van der Waals surface area (Å²) in [6, 6.07) is 80.3. The molecule has 0 aliphatic carbocycles. The van der Waals surface area contributed by atoms with Gasteiger partial charge < -0.3 is 0 Å². The molecule has 0 nitrogen and oxygen atoms in total. The highest BCUT2D eigenvalue weighted by molar-refractivity contribution is 6.30. The van der Waals surface area contributed by atoms with Crippen LogP contribution in [0, 0.1) is 0 Å². The molecule has 0 unspecified atom stereocenters. The number of hydrogen-bond donors (Lipinski definition) is 0. The molecule has 56 heavy (non-hydrogen) atoms. The van der Waals surface area contributed by atoms with Crippen LogP contribution in [0.15, 0.2) is 218 Å². The Morgan fingerprint density at radius 2 is 0.536 bits per heavy atom. The Balaban J connectivity index is 1.20. The molecule has 0 bridgehead atoms. The molecule has 0 aromatic heterocycles. The lowest BCUT2D eigenvalue weighted by Gasteiger charge is -2.23. The van der Waals surface area contributed by atoms with Crippen molar-refractivity contribution in [2.24, 2.45) is 0 Å². The van der Waals surface area contributed by atoms with Crippen LogP contribution in [0.1, 0.15) is 0 Å². The van der Waals surface area contributed by atoms with Crippen molar-refractivity contribution in [2.45, 2.75) is 0 Å². The predicted octanol–water partition coefficient (Wildman–Crippen LogP) is 15.8. The SMILES string of the molecule is c1ccc(-c2ccc(-c3ccccc3-c3c4ccccc4c(-c4c5ccccc5c(-c5ccc6ccccc6c5)c5ccccc45)c4ccccc34)cc2)cc1. The fraction of sp³-hybridized carbons (Fsp3) is 0. The minimum absolute atomic E-state index is 1.21. The normalized spacial score (nSPS) is 11.6. The molecular weight excluding hydrogens is 673 g/mol. The summed E-state index contributed by atoms with van der Waals surface area (Å²) in [5.41, 5.74) is 12.5. The van der Waals surface area contributed by atoms with Gasteiger partial charge in [0.1, 0.15) is 0 Å².